The smallest absolute Gasteiger partial charge is 0.150 e. The van der Waals surface area contributed by atoms with Gasteiger partial charge < -0.3 is 9.47 Å². The highest BCUT2D eigenvalue weighted by atomic mass is 35.5. The van der Waals surface area contributed by atoms with Crippen LogP contribution in [-0.2, 0) is 11.3 Å². The van der Waals surface area contributed by atoms with Gasteiger partial charge in [-0.1, -0.05) is 11.6 Å². The number of halogens is 1. The summed E-state index contributed by atoms with van der Waals surface area (Å²) in [7, 11) is 3.09. The van der Waals surface area contributed by atoms with Crippen molar-refractivity contribution in [3.05, 3.63) is 28.3 Å². The zero-order valence-corrected chi connectivity index (χ0v) is 8.80. The molecule has 14 heavy (non-hydrogen) atoms. The molecule has 0 fully saturated rings. The van der Waals surface area contributed by atoms with Crippen LogP contribution in [0.4, 0.5) is 0 Å². The van der Waals surface area contributed by atoms with Crippen LogP contribution in [0.15, 0.2) is 12.1 Å². The Morgan fingerprint density at radius 1 is 1.43 bits per heavy atom. The minimum atomic E-state index is 0.363. The zero-order chi connectivity index (χ0) is 10.6. The molecule has 4 heteroatoms. The van der Waals surface area contributed by atoms with E-state index in [0.717, 1.165) is 11.8 Å². The second-order valence-electron chi connectivity index (χ2n) is 2.74. The molecule has 1 aromatic rings. The molecule has 0 heterocycles. The third-order valence-electron chi connectivity index (χ3n) is 1.84. The summed E-state index contributed by atoms with van der Waals surface area (Å²) in [5.41, 5.74) is 1.29. The van der Waals surface area contributed by atoms with Crippen molar-refractivity contribution in [2.75, 3.05) is 14.2 Å². The summed E-state index contributed by atoms with van der Waals surface area (Å²) >= 11 is 5.86. The van der Waals surface area contributed by atoms with E-state index in [-0.39, 0.29) is 0 Å². The number of carbonyl (C=O) groups is 1. The van der Waals surface area contributed by atoms with E-state index < -0.39 is 0 Å². The largest absolute Gasteiger partial charge is 0.495 e. The van der Waals surface area contributed by atoms with E-state index in [1.54, 1.807) is 19.2 Å². The van der Waals surface area contributed by atoms with Gasteiger partial charge in [-0.25, -0.2) is 0 Å². The average Bonchev–Trinajstić information content (AvgIpc) is 2.20. The summed E-state index contributed by atoms with van der Waals surface area (Å²) in [6, 6.07) is 3.28. The standard InChI is InChI=1S/C10H11ClO3/c1-13-6-8-4-10(14-2)9(11)3-7(8)5-12/h3-5H,6H2,1-2H3. The first-order chi connectivity index (χ1) is 6.72. The molecule has 0 aromatic heterocycles. The lowest BCUT2D eigenvalue weighted by molar-refractivity contribution is 0.111. The Balaban J connectivity index is 3.17. The number of aldehydes is 1. The maximum Gasteiger partial charge on any atom is 0.150 e. The molecule has 0 spiro atoms. The number of carbonyl (C=O) groups excluding carboxylic acids is 1. The highest BCUT2D eigenvalue weighted by Gasteiger charge is 2.08. The van der Waals surface area contributed by atoms with E-state index in [9.17, 15) is 4.79 Å². The second kappa shape index (κ2) is 4.98. The molecule has 0 aliphatic heterocycles. The first-order valence-electron chi connectivity index (χ1n) is 4.03. The van der Waals surface area contributed by atoms with E-state index in [0.29, 0.717) is 22.9 Å². The van der Waals surface area contributed by atoms with Gasteiger partial charge in [-0.15, -0.1) is 0 Å². The summed E-state index contributed by atoms with van der Waals surface area (Å²) < 4.78 is 9.98. The van der Waals surface area contributed by atoms with Gasteiger partial charge in [-0.2, -0.15) is 0 Å². The molecular weight excluding hydrogens is 204 g/mol. The molecule has 0 aliphatic rings. The molecule has 0 saturated carbocycles. The molecule has 0 saturated heterocycles. The quantitative estimate of drug-likeness (QED) is 0.722. The topological polar surface area (TPSA) is 35.5 Å². The van der Waals surface area contributed by atoms with Crippen LogP contribution in [0.25, 0.3) is 0 Å². The van der Waals surface area contributed by atoms with Crippen LogP contribution in [0.3, 0.4) is 0 Å². The Kier molecular flexibility index (Phi) is 3.92. The molecule has 3 nitrogen and oxygen atoms in total. The van der Waals surface area contributed by atoms with E-state index in [2.05, 4.69) is 0 Å². The lowest BCUT2D eigenvalue weighted by Gasteiger charge is -2.08. The van der Waals surface area contributed by atoms with Gasteiger partial charge in [0.15, 0.2) is 0 Å². The molecule has 1 aromatic carbocycles. The Hall–Kier alpha value is -1.06. The number of benzene rings is 1. The predicted octanol–water partition coefficient (Wildman–Crippen LogP) is 2.31. The van der Waals surface area contributed by atoms with Gasteiger partial charge in [0.05, 0.1) is 18.7 Å². The highest BCUT2D eigenvalue weighted by Crippen LogP contribution is 2.27. The van der Waals surface area contributed by atoms with Gasteiger partial charge in [-0.05, 0) is 17.7 Å². The van der Waals surface area contributed by atoms with Crippen LogP contribution in [0.2, 0.25) is 5.02 Å². The van der Waals surface area contributed by atoms with Crippen molar-refractivity contribution >= 4 is 17.9 Å². The number of rotatable bonds is 4. The van der Waals surface area contributed by atoms with Crippen LogP contribution < -0.4 is 4.74 Å². The van der Waals surface area contributed by atoms with Crippen LogP contribution >= 0.6 is 11.6 Å². The fourth-order valence-electron chi connectivity index (χ4n) is 1.16. The molecule has 76 valence electrons. The molecule has 0 radical (unpaired) electrons. The molecule has 1 rings (SSSR count). The highest BCUT2D eigenvalue weighted by molar-refractivity contribution is 6.32. The van der Waals surface area contributed by atoms with E-state index in [1.807, 2.05) is 0 Å². The first kappa shape index (κ1) is 11.0. The monoisotopic (exact) mass is 214 g/mol. The van der Waals surface area contributed by atoms with Crippen molar-refractivity contribution in [1.29, 1.82) is 0 Å². The Labute approximate surface area is 87.6 Å². The third-order valence-corrected chi connectivity index (χ3v) is 2.14. The fraction of sp³-hybridized carbons (Fsp3) is 0.300. The third kappa shape index (κ3) is 2.25. The van der Waals surface area contributed by atoms with Crippen LogP contribution in [0, 0.1) is 0 Å². The van der Waals surface area contributed by atoms with Gasteiger partial charge >= 0.3 is 0 Å². The van der Waals surface area contributed by atoms with Gasteiger partial charge in [0, 0.05) is 12.7 Å². The van der Waals surface area contributed by atoms with Crippen molar-refractivity contribution in [3.63, 3.8) is 0 Å². The van der Waals surface area contributed by atoms with Crippen molar-refractivity contribution in [3.8, 4) is 5.75 Å². The number of hydrogen-bond acceptors (Lipinski definition) is 3. The van der Waals surface area contributed by atoms with Crippen molar-refractivity contribution in [1.82, 2.24) is 0 Å². The predicted molar refractivity (Wildman–Crippen MR) is 54.1 cm³/mol. The van der Waals surface area contributed by atoms with Gasteiger partial charge in [0.1, 0.15) is 12.0 Å². The average molecular weight is 215 g/mol. The number of ether oxygens (including phenoxy) is 2. The van der Waals surface area contributed by atoms with Crippen molar-refractivity contribution in [2.24, 2.45) is 0 Å². The summed E-state index contributed by atoms with van der Waals surface area (Å²) in [4.78, 5) is 10.7. The normalized spacial score (nSPS) is 9.93. The second-order valence-corrected chi connectivity index (χ2v) is 3.14. The summed E-state index contributed by atoms with van der Waals surface area (Å²) in [5.74, 6) is 0.546. The Bertz CT molecular complexity index is 336. The molecule has 0 bridgehead atoms. The Morgan fingerprint density at radius 3 is 2.64 bits per heavy atom. The summed E-state index contributed by atoms with van der Waals surface area (Å²) in [6.07, 6.45) is 0.750. The fourth-order valence-corrected chi connectivity index (χ4v) is 1.41. The minimum absolute atomic E-state index is 0.363. The zero-order valence-electron chi connectivity index (χ0n) is 8.04. The molecule has 0 atom stereocenters. The number of methoxy groups -OCH3 is 2. The maximum atomic E-state index is 10.7. The molecule has 0 N–H and O–H groups in total. The molecule has 0 amide bonds. The number of hydrogen-bond donors (Lipinski definition) is 0. The van der Waals surface area contributed by atoms with Gasteiger partial charge in [0.25, 0.3) is 0 Å². The SMILES string of the molecule is COCc1cc(OC)c(Cl)cc1C=O. The van der Waals surface area contributed by atoms with E-state index >= 15 is 0 Å². The molecule has 0 aliphatic carbocycles. The lowest BCUT2D eigenvalue weighted by Crippen LogP contribution is -1.96. The van der Waals surface area contributed by atoms with Gasteiger partial charge in [-0.3, -0.25) is 4.79 Å². The maximum absolute atomic E-state index is 10.7. The summed E-state index contributed by atoms with van der Waals surface area (Å²) in [5, 5.41) is 0.425. The van der Waals surface area contributed by atoms with Crippen LogP contribution in [-0.4, -0.2) is 20.5 Å². The minimum Gasteiger partial charge on any atom is -0.495 e. The van der Waals surface area contributed by atoms with Crippen LogP contribution in [0.1, 0.15) is 15.9 Å². The van der Waals surface area contributed by atoms with E-state index in [1.165, 1.54) is 7.11 Å². The molecular formula is C10H11ClO3. The van der Waals surface area contributed by atoms with Crippen LogP contribution in [0.5, 0.6) is 5.75 Å². The molecule has 0 unspecified atom stereocenters. The first-order valence-corrected chi connectivity index (χ1v) is 4.41. The van der Waals surface area contributed by atoms with Gasteiger partial charge in [0.2, 0.25) is 0 Å². The van der Waals surface area contributed by atoms with Crippen molar-refractivity contribution in [2.45, 2.75) is 6.61 Å². The summed E-state index contributed by atoms with van der Waals surface area (Å²) in [6.45, 7) is 0.363. The van der Waals surface area contributed by atoms with E-state index in [4.69, 9.17) is 21.1 Å². The lowest BCUT2D eigenvalue weighted by atomic mass is 10.1. The Morgan fingerprint density at radius 2 is 2.14 bits per heavy atom. The van der Waals surface area contributed by atoms with Crippen molar-refractivity contribution < 1.29 is 14.3 Å².